The van der Waals surface area contributed by atoms with Crippen LogP contribution in [0, 0.1) is 5.92 Å². The van der Waals surface area contributed by atoms with Gasteiger partial charge in [0, 0.05) is 30.2 Å². The minimum atomic E-state index is -0.0577. The molecule has 3 rings (SSSR count). The average Bonchev–Trinajstić information content (AvgIpc) is 3.16. The third kappa shape index (κ3) is 3.64. The Morgan fingerprint density at radius 2 is 2.17 bits per heavy atom. The Morgan fingerprint density at radius 1 is 1.38 bits per heavy atom. The largest absolute Gasteiger partial charge is 0.334 e. The van der Waals surface area contributed by atoms with E-state index in [1.165, 1.54) is 0 Å². The van der Waals surface area contributed by atoms with Crippen molar-refractivity contribution in [3.05, 3.63) is 52.0 Å². The summed E-state index contributed by atoms with van der Waals surface area (Å²) < 4.78 is 0. The molecule has 6 heteroatoms. The first-order chi connectivity index (χ1) is 11.5. The Morgan fingerprint density at radius 3 is 2.83 bits per heavy atom. The molecule has 2 aromatic rings. The third-order valence-corrected chi connectivity index (χ3v) is 4.73. The van der Waals surface area contributed by atoms with Crippen LogP contribution in [0.5, 0.6) is 0 Å². The summed E-state index contributed by atoms with van der Waals surface area (Å²) in [4.78, 5) is 32.9. The molecule has 0 saturated carbocycles. The molecular formula is C18H21N3O2S. The van der Waals surface area contributed by atoms with Crippen LogP contribution in [0.4, 0.5) is 0 Å². The number of aromatic nitrogens is 1. The Bertz CT molecular complexity index is 728. The van der Waals surface area contributed by atoms with E-state index in [0.29, 0.717) is 31.1 Å². The summed E-state index contributed by atoms with van der Waals surface area (Å²) in [6, 6.07) is 7.54. The van der Waals surface area contributed by atoms with Crippen molar-refractivity contribution in [2.75, 3.05) is 13.1 Å². The maximum Gasteiger partial charge on any atom is 0.254 e. The number of thiazole rings is 1. The molecule has 0 saturated heterocycles. The Hall–Kier alpha value is -2.21. The first-order valence-electron chi connectivity index (χ1n) is 8.08. The van der Waals surface area contributed by atoms with E-state index < -0.39 is 0 Å². The minimum Gasteiger partial charge on any atom is -0.334 e. The van der Waals surface area contributed by atoms with Crippen LogP contribution in [-0.4, -0.2) is 39.7 Å². The fourth-order valence-electron chi connectivity index (χ4n) is 2.90. The van der Waals surface area contributed by atoms with Crippen LogP contribution in [0.15, 0.2) is 35.8 Å². The fourth-order valence-corrected chi connectivity index (χ4v) is 3.53. The molecule has 0 spiro atoms. The zero-order valence-corrected chi connectivity index (χ0v) is 14.8. The summed E-state index contributed by atoms with van der Waals surface area (Å²) in [5.41, 5.74) is 1.70. The van der Waals surface area contributed by atoms with E-state index in [9.17, 15) is 9.59 Å². The highest BCUT2D eigenvalue weighted by Gasteiger charge is 2.29. The summed E-state index contributed by atoms with van der Waals surface area (Å²) in [7, 11) is 0. The number of nitrogens with zero attached hydrogens (tertiary/aromatic N) is 3. The lowest BCUT2D eigenvalue weighted by molar-refractivity contribution is -0.133. The summed E-state index contributed by atoms with van der Waals surface area (Å²) in [6.07, 6.45) is 1.75. The highest BCUT2D eigenvalue weighted by molar-refractivity contribution is 7.09. The van der Waals surface area contributed by atoms with E-state index in [0.717, 1.165) is 10.6 Å². The van der Waals surface area contributed by atoms with Crippen LogP contribution in [0.2, 0.25) is 0 Å². The number of benzene rings is 1. The fraction of sp³-hybridized carbons (Fsp3) is 0.389. The number of rotatable bonds is 6. The van der Waals surface area contributed by atoms with Crippen molar-refractivity contribution in [1.82, 2.24) is 14.8 Å². The van der Waals surface area contributed by atoms with E-state index >= 15 is 0 Å². The zero-order valence-electron chi connectivity index (χ0n) is 13.9. The van der Waals surface area contributed by atoms with Crippen LogP contribution >= 0.6 is 11.3 Å². The predicted octanol–water partition coefficient (Wildman–Crippen LogP) is 2.78. The number of fused-ring (bicyclic) bond motifs is 1. The van der Waals surface area contributed by atoms with Gasteiger partial charge in [-0.15, -0.1) is 11.3 Å². The quantitative estimate of drug-likeness (QED) is 0.810. The van der Waals surface area contributed by atoms with Gasteiger partial charge >= 0.3 is 0 Å². The maximum atomic E-state index is 12.8. The van der Waals surface area contributed by atoms with Gasteiger partial charge in [0.25, 0.3) is 5.91 Å². The van der Waals surface area contributed by atoms with Crippen molar-refractivity contribution in [1.29, 1.82) is 0 Å². The van der Waals surface area contributed by atoms with Gasteiger partial charge in [-0.05, 0) is 17.5 Å². The summed E-state index contributed by atoms with van der Waals surface area (Å²) in [5.74, 6) is 0.276. The average molecular weight is 343 g/mol. The van der Waals surface area contributed by atoms with Gasteiger partial charge in [0.15, 0.2) is 0 Å². The molecule has 24 heavy (non-hydrogen) atoms. The first kappa shape index (κ1) is 16.6. The molecule has 0 N–H and O–H groups in total. The van der Waals surface area contributed by atoms with Crippen LogP contribution in [0.25, 0.3) is 0 Å². The molecule has 0 fully saturated rings. The lowest BCUT2D eigenvalue weighted by atomic mass is 10.1. The number of hydrogen-bond donors (Lipinski definition) is 0. The van der Waals surface area contributed by atoms with Crippen molar-refractivity contribution >= 4 is 23.2 Å². The molecule has 0 radical (unpaired) electrons. The van der Waals surface area contributed by atoms with Crippen LogP contribution in [0.3, 0.4) is 0 Å². The van der Waals surface area contributed by atoms with E-state index in [1.54, 1.807) is 27.3 Å². The Kier molecular flexibility index (Phi) is 4.94. The molecule has 1 aromatic carbocycles. The molecule has 5 nitrogen and oxygen atoms in total. The molecular weight excluding hydrogens is 322 g/mol. The molecule has 0 aliphatic carbocycles. The second kappa shape index (κ2) is 7.13. The van der Waals surface area contributed by atoms with E-state index in [4.69, 9.17) is 0 Å². The van der Waals surface area contributed by atoms with Crippen molar-refractivity contribution in [3.8, 4) is 0 Å². The Labute approximate surface area is 145 Å². The molecule has 0 bridgehead atoms. The second-order valence-corrected chi connectivity index (χ2v) is 7.39. The molecule has 0 atom stereocenters. The summed E-state index contributed by atoms with van der Waals surface area (Å²) >= 11 is 1.54. The highest BCUT2D eigenvalue weighted by Crippen LogP contribution is 2.22. The first-order valence-corrected chi connectivity index (χ1v) is 8.96. The molecule has 1 aliphatic heterocycles. The lowest BCUT2D eigenvalue weighted by Gasteiger charge is -2.26. The lowest BCUT2D eigenvalue weighted by Crippen LogP contribution is -2.41. The van der Waals surface area contributed by atoms with Gasteiger partial charge < -0.3 is 9.80 Å². The van der Waals surface area contributed by atoms with Crippen molar-refractivity contribution in [3.63, 3.8) is 0 Å². The second-order valence-electron chi connectivity index (χ2n) is 6.41. The number of amides is 2. The predicted molar refractivity (Wildman–Crippen MR) is 93.6 cm³/mol. The van der Waals surface area contributed by atoms with Gasteiger partial charge in [0.2, 0.25) is 5.91 Å². The molecule has 126 valence electrons. The van der Waals surface area contributed by atoms with Crippen LogP contribution in [0.1, 0.15) is 34.8 Å². The monoisotopic (exact) mass is 343 g/mol. The van der Waals surface area contributed by atoms with Gasteiger partial charge in [-0.3, -0.25) is 9.59 Å². The van der Waals surface area contributed by atoms with Crippen molar-refractivity contribution in [2.24, 2.45) is 5.92 Å². The number of carbonyl (C=O) groups excluding carboxylic acids is 2. The van der Waals surface area contributed by atoms with E-state index in [1.807, 2.05) is 29.6 Å². The molecule has 2 amide bonds. The minimum absolute atomic E-state index is 0.0277. The highest BCUT2D eigenvalue weighted by atomic mass is 32.1. The van der Waals surface area contributed by atoms with Gasteiger partial charge in [0.05, 0.1) is 6.54 Å². The smallest absolute Gasteiger partial charge is 0.254 e. The van der Waals surface area contributed by atoms with E-state index in [-0.39, 0.29) is 18.4 Å². The number of carbonyl (C=O) groups is 2. The topological polar surface area (TPSA) is 53.5 Å². The SMILES string of the molecule is CC(C)CN(Cc1nccs1)C(=O)CN1Cc2ccccc2C1=O. The maximum absolute atomic E-state index is 12.8. The molecule has 0 unspecified atom stereocenters. The standard InChI is InChI=1S/C18H21N3O2S/c1-13(2)9-20(11-16-19-7-8-24-16)17(22)12-21-10-14-5-3-4-6-15(14)18(21)23/h3-8,13H,9-12H2,1-2H3. The molecule has 2 heterocycles. The summed E-state index contributed by atoms with van der Waals surface area (Å²) in [5, 5.41) is 2.83. The molecule has 1 aliphatic rings. The third-order valence-electron chi connectivity index (χ3n) is 3.97. The number of hydrogen-bond acceptors (Lipinski definition) is 4. The van der Waals surface area contributed by atoms with Gasteiger partial charge in [0.1, 0.15) is 11.6 Å². The summed E-state index contributed by atoms with van der Waals surface area (Å²) in [6.45, 7) is 5.95. The van der Waals surface area contributed by atoms with Crippen molar-refractivity contribution in [2.45, 2.75) is 26.9 Å². The van der Waals surface area contributed by atoms with Gasteiger partial charge in [-0.2, -0.15) is 0 Å². The van der Waals surface area contributed by atoms with Gasteiger partial charge in [-0.1, -0.05) is 32.0 Å². The van der Waals surface area contributed by atoms with Crippen molar-refractivity contribution < 1.29 is 9.59 Å². The van der Waals surface area contributed by atoms with E-state index in [2.05, 4.69) is 18.8 Å². The van der Waals surface area contributed by atoms with Crippen LogP contribution < -0.4 is 0 Å². The van der Waals surface area contributed by atoms with Gasteiger partial charge in [-0.25, -0.2) is 4.98 Å². The molecule has 1 aromatic heterocycles. The zero-order chi connectivity index (χ0) is 17.1. The normalized spacial score (nSPS) is 13.5. The Balaban J connectivity index is 1.68. The van der Waals surface area contributed by atoms with Crippen LogP contribution in [-0.2, 0) is 17.9 Å².